The molecule has 0 saturated carbocycles. The van der Waals surface area contributed by atoms with Gasteiger partial charge in [-0.1, -0.05) is 0 Å². The van der Waals surface area contributed by atoms with Crippen LogP contribution in [0, 0.1) is 0 Å². The fourth-order valence-electron chi connectivity index (χ4n) is 3.26. The molecule has 0 unspecified atom stereocenters. The third kappa shape index (κ3) is 4.59. The first kappa shape index (κ1) is 19.9. The maximum atomic E-state index is 8.54. The summed E-state index contributed by atoms with van der Waals surface area (Å²) in [7, 11) is 0. The van der Waals surface area contributed by atoms with Gasteiger partial charge in [0.05, 0.1) is 0 Å². The Morgan fingerprint density at radius 3 is 1.13 bits per heavy atom. The highest BCUT2D eigenvalue weighted by Crippen LogP contribution is 2.17. The van der Waals surface area contributed by atoms with Crippen LogP contribution in [0.25, 0.3) is 22.5 Å². The van der Waals surface area contributed by atoms with Gasteiger partial charge >= 0.3 is 0 Å². The molecular formula is C24H22N2O4+2. The van der Waals surface area contributed by atoms with Crippen LogP contribution in [0.3, 0.4) is 0 Å². The molecular weight excluding hydrogens is 380 g/mol. The van der Waals surface area contributed by atoms with Gasteiger partial charge in [0.25, 0.3) is 0 Å². The van der Waals surface area contributed by atoms with Crippen molar-refractivity contribution in [2.75, 3.05) is 0 Å². The molecule has 0 aliphatic heterocycles. The van der Waals surface area contributed by atoms with Crippen molar-refractivity contribution in [3.8, 4) is 22.5 Å². The molecule has 0 spiro atoms. The van der Waals surface area contributed by atoms with Gasteiger partial charge in [-0.05, 0) is 46.5 Å². The predicted molar refractivity (Wildman–Crippen MR) is 110 cm³/mol. The Kier molecular flexibility index (Phi) is 6.22. The standard InChI is InChI=1S/C24H20N2O4/c27-29-17-19-1-5-23(6-2-19)25-13-9-21(10-14-25)22-11-15-26(16-12-22)24-7-3-20(4-8-24)18-30-28/h1-16H,17-18H2/p+2. The zero-order valence-electron chi connectivity index (χ0n) is 16.3. The van der Waals surface area contributed by atoms with Crippen LogP contribution in [0.15, 0.2) is 97.6 Å². The normalized spacial score (nSPS) is 10.9. The first-order chi connectivity index (χ1) is 14.8. The van der Waals surface area contributed by atoms with Gasteiger partial charge in [0.1, 0.15) is 13.2 Å². The van der Waals surface area contributed by atoms with E-state index >= 15 is 0 Å². The van der Waals surface area contributed by atoms with E-state index < -0.39 is 0 Å². The Labute approximate surface area is 174 Å². The van der Waals surface area contributed by atoms with Gasteiger partial charge in [0, 0.05) is 48.5 Å². The summed E-state index contributed by atoms with van der Waals surface area (Å²) in [6, 6.07) is 23.9. The smallest absolute Gasteiger partial charge is 0.210 e. The van der Waals surface area contributed by atoms with Gasteiger partial charge in [-0.3, -0.25) is 10.5 Å². The molecule has 2 heterocycles. The molecule has 0 amide bonds. The van der Waals surface area contributed by atoms with Gasteiger partial charge in [-0.2, -0.15) is 9.13 Å². The highest BCUT2D eigenvalue weighted by Gasteiger charge is 2.10. The van der Waals surface area contributed by atoms with Gasteiger partial charge in [0.15, 0.2) is 24.8 Å². The molecule has 4 rings (SSSR count). The Morgan fingerprint density at radius 1 is 0.500 bits per heavy atom. The minimum Gasteiger partial charge on any atom is -0.251 e. The van der Waals surface area contributed by atoms with Crippen LogP contribution in [-0.4, -0.2) is 10.5 Å². The van der Waals surface area contributed by atoms with Crippen molar-refractivity contribution in [3.05, 3.63) is 109 Å². The summed E-state index contributed by atoms with van der Waals surface area (Å²) in [5.74, 6) is 0. The van der Waals surface area contributed by atoms with Crippen LogP contribution in [0.4, 0.5) is 0 Å². The summed E-state index contributed by atoms with van der Waals surface area (Å²) in [5, 5.41) is 17.1. The molecule has 2 aromatic carbocycles. The van der Waals surface area contributed by atoms with E-state index in [0.717, 1.165) is 33.6 Å². The van der Waals surface area contributed by atoms with Crippen LogP contribution < -0.4 is 9.13 Å². The molecule has 6 nitrogen and oxygen atoms in total. The van der Waals surface area contributed by atoms with Crippen molar-refractivity contribution >= 4 is 0 Å². The third-order valence-corrected chi connectivity index (χ3v) is 4.92. The fourth-order valence-corrected chi connectivity index (χ4v) is 3.26. The maximum absolute atomic E-state index is 8.54. The van der Waals surface area contributed by atoms with Crippen molar-refractivity contribution < 1.29 is 29.4 Å². The first-order valence-corrected chi connectivity index (χ1v) is 9.51. The Balaban J connectivity index is 1.49. The fraction of sp³-hybridized carbons (Fsp3) is 0.0833. The molecule has 0 atom stereocenters. The van der Waals surface area contributed by atoms with E-state index in [9.17, 15) is 0 Å². The van der Waals surface area contributed by atoms with Crippen molar-refractivity contribution in [2.45, 2.75) is 13.2 Å². The topological polar surface area (TPSA) is 66.7 Å². The van der Waals surface area contributed by atoms with Crippen molar-refractivity contribution in [2.24, 2.45) is 0 Å². The molecule has 0 fully saturated rings. The number of hydrogen-bond acceptors (Lipinski definition) is 4. The average molecular weight is 402 g/mol. The summed E-state index contributed by atoms with van der Waals surface area (Å²) in [5.41, 5.74) is 6.13. The second-order valence-electron chi connectivity index (χ2n) is 6.87. The van der Waals surface area contributed by atoms with E-state index in [1.165, 1.54) is 0 Å². The number of hydrogen-bond donors (Lipinski definition) is 2. The van der Waals surface area contributed by atoms with Crippen LogP contribution in [-0.2, 0) is 23.0 Å². The maximum Gasteiger partial charge on any atom is 0.210 e. The Bertz CT molecular complexity index is 987. The van der Waals surface area contributed by atoms with Gasteiger partial charge in [-0.15, -0.1) is 0 Å². The largest absolute Gasteiger partial charge is 0.251 e. The summed E-state index contributed by atoms with van der Waals surface area (Å²) in [6.07, 6.45) is 8.09. The molecule has 0 radical (unpaired) electrons. The second kappa shape index (κ2) is 9.39. The monoisotopic (exact) mass is 402 g/mol. The number of benzene rings is 2. The van der Waals surface area contributed by atoms with Crippen molar-refractivity contribution in [1.29, 1.82) is 0 Å². The molecule has 0 bridgehead atoms. The van der Waals surface area contributed by atoms with Crippen molar-refractivity contribution in [3.63, 3.8) is 0 Å². The molecule has 30 heavy (non-hydrogen) atoms. The van der Waals surface area contributed by atoms with Crippen molar-refractivity contribution in [1.82, 2.24) is 0 Å². The lowest BCUT2D eigenvalue weighted by molar-refractivity contribution is -0.596. The average Bonchev–Trinajstić information content (AvgIpc) is 2.81. The quantitative estimate of drug-likeness (QED) is 0.280. The molecule has 0 aliphatic carbocycles. The Morgan fingerprint density at radius 2 is 0.833 bits per heavy atom. The predicted octanol–water partition coefficient (Wildman–Crippen LogP) is 3.89. The van der Waals surface area contributed by atoms with E-state index in [2.05, 4.69) is 34.0 Å². The zero-order chi connectivity index (χ0) is 20.8. The molecule has 6 heteroatoms. The molecule has 2 N–H and O–H groups in total. The number of rotatable bonds is 7. The molecule has 150 valence electrons. The molecule has 2 aromatic heterocycles. The SMILES string of the molecule is OOCc1ccc(-[n+]2ccc(-c3cc[n+](-c4ccc(COO)cc4)cc3)cc2)cc1. The van der Waals surface area contributed by atoms with E-state index in [1.807, 2.05) is 82.5 Å². The molecule has 4 aromatic rings. The van der Waals surface area contributed by atoms with E-state index in [1.54, 1.807) is 0 Å². The van der Waals surface area contributed by atoms with Crippen LogP contribution in [0.1, 0.15) is 11.1 Å². The number of nitrogens with zero attached hydrogens (tertiary/aromatic N) is 2. The number of aromatic nitrogens is 2. The summed E-state index contributed by atoms with van der Waals surface area (Å²) >= 11 is 0. The molecule has 0 aliphatic rings. The third-order valence-electron chi connectivity index (χ3n) is 4.92. The van der Waals surface area contributed by atoms with Crippen LogP contribution in [0.5, 0.6) is 0 Å². The minimum absolute atomic E-state index is 0.180. The lowest BCUT2D eigenvalue weighted by Crippen LogP contribution is -2.29. The summed E-state index contributed by atoms with van der Waals surface area (Å²) in [4.78, 5) is 8.33. The highest BCUT2D eigenvalue weighted by atomic mass is 17.1. The van der Waals surface area contributed by atoms with Gasteiger partial charge in [0.2, 0.25) is 11.4 Å². The van der Waals surface area contributed by atoms with E-state index in [0.29, 0.717) is 0 Å². The minimum atomic E-state index is 0.180. The zero-order valence-corrected chi connectivity index (χ0v) is 16.3. The van der Waals surface area contributed by atoms with Gasteiger partial charge < -0.3 is 0 Å². The second-order valence-corrected chi connectivity index (χ2v) is 6.87. The summed E-state index contributed by atoms with van der Waals surface area (Å²) < 4.78 is 4.07. The summed E-state index contributed by atoms with van der Waals surface area (Å²) in [6.45, 7) is 0.359. The number of pyridine rings is 2. The van der Waals surface area contributed by atoms with E-state index in [-0.39, 0.29) is 13.2 Å². The van der Waals surface area contributed by atoms with Gasteiger partial charge in [-0.25, -0.2) is 9.78 Å². The van der Waals surface area contributed by atoms with Crippen LogP contribution >= 0.6 is 0 Å². The highest BCUT2D eigenvalue weighted by molar-refractivity contribution is 5.61. The first-order valence-electron chi connectivity index (χ1n) is 9.51. The van der Waals surface area contributed by atoms with Crippen LogP contribution in [0.2, 0.25) is 0 Å². The Hall–Kier alpha value is -3.42. The molecule has 0 saturated heterocycles. The lowest BCUT2D eigenvalue weighted by atomic mass is 10.1. The van der Waals surface area contributed by atoms with E-state index in [4.69, 9.17) is 10.5 Å². The lowest BCUT2D eigenvalue weighted by Gasteiger charge is -2.02.